The number of hydrogen-bond acceptors (Lipinski definition) is 3. The zero-order valence-corrected chi connectivity index (χ0v) is 10.1. The predicted octanol–water partition coefficient (Wildman–Crippen LogP) is 0.615. The maximum atomic E-state index is 9.13. The molecule has 0 saturated heterocycles. The van der Waals surface area contributed by atoms with Crippen LogP contribution in [0.4, 0.5) is 5.69 Å². The maximum Gasteiger partial charge on any atom is 0.132 e. The smallest absolute Gasteiger partial charge is 0.132 e. The average molecular weight is 226 g/mol. The first kappa shape index (κ1) is 13.0. The number of benzene rings is 1. The highest BCUT2D eigenvalue weighted by Gasteiger charge is 2.11. The van der Waals surface area contributed by atoms with Crippen LogP contribution in [0.1, 0.15) is 0 Å². The van der Waals surface area contributed by atoms with E-state index in [0.717, 1.165) is 4.48 Å². The van der Waals surface area contributed by atoms with E-state index in [2.05, 4.69) is 21.1 Å². The van der Waals surface area contributed by atoms with Gasteiger partial charge in [-0.05, 0) is 12.1 Å². The van der Waals surface area contributed by atoms with Gasteiger partial charge in [0.1, 0.15) is 24.1 Å². The molecule has 0 bridgehead atoms. The summed E-state index contributed by atoms with van der Waals surface area (Å²) in [5.74, 6) is 0.699. The zero-order valence-electron chi connectivity index (χ0n) is 10.1. The van der Waals surface area contributed by atoms with Crippen molar-refractivity contribution in [3.8, 4) is 5.75 Å². The summed E-state index contributed by atoms with van der Waals surface area (Å²) in [5, 5.41) is 17.8. The third-order valence-electron chi connectivity index (χ3n) is 2.26. The van der Waals surface area contributed by atoms with Crippen LogP contribution in [0.3, 0.4) is 0 Å². The van der Waals surface area contributed by atoms with Crippen LogP contribution in [0, 0.1) is 0 Å². The van der Waals surface area contributed by atoms with Gasteiger partial charge in [-0.2, -0.15) is 0 Å². The van der Waals surface area contributed by atoms with Crippen molar-refractivity contribution in [1.29, 1.82) is 0 Å². The molecular formula is C12H20NO3+. The minimum Gasteiger partial charge on any atom is -0.491 e. The lowest BCUT2D eigenvalue weighted by molar-refractivity contribution is 0.0536. The first-order valence-electron chi connectivity index (χ1n) is 5.27. The maximum absolute atomic E-state index is 9.13. The van der Waals surface area contributed by atoms with Crippen LogP contribution in [0.2, 0.25) is 0 Å². The zero-order chi connectivity index (χ0) is 12.2. The second-order valence-corrected chi connectivity index (χ2v) is 4.65. The number of nitrogens with zero attached hydrogens (tertiary/aromatic N) is 1. The van der Waals surface area contributed by atoms with Gasteiger partial charge in [0, 0.05) is 12.1 Å². The highest BCUT2D eigenvalue weighted by atomic mass is 16.5. The van der Waals surface area contributed by atoms with Gasteiger partial charge >= 0.3 is 0 Å². The van der Waals surface area contributed by atoms with Crippen LogP contribution in [-0.4, -0.2) is 50.7 Å². The topological polar surface area (TPSA) is 49.7 Å². The van der Waals surface area contributed by atoms with E-state index in [1.807, 2.05) is 24.3 Å². The predicted molar refractivity (Wildman–Crippen MR) is 64.6 cm³/mol. The van der Waals surface area contributed by atoms with Crippen molar-refractivity contribution in [2.45, 2.75) is 6.10 Å². The van der Waals surface area contributed by atoms with Crippen molar-refractivity contribution in [2.75, 3.05) is 34.4 Å². The number of rotatable bonds is 5. The van der Waals surface area contributed by atoms with Crippen molar-refractivity contribution >= 4 is 5.69 Å². The first-order chi connectivity index (χ1) is 7.43. The molecule has 2 N–H and O–H groups in total. The molecule has 90 valence electrons. The summed E-state index contributed by atoms with van der Waals surface area (Å²) in [5.41, 5.74) is 1.18. The molecule has 0 aliphatic heterocycles. The van der Waals surface area contributed by atoms with Crippen molar-refractivity contribution in [3.05, 3.63) is 24.3 Å². The summed E-state index contributed by atoms with van der Waals surface area (Å²) in [6, 6.07) is 7.70. The second kappa shape index (κ2) is 5.30. The van der Waals surface area contributed by atoms with Crippen molar-refractivity contribution in [1.82, 2.24) is 4.48 Å². The summed E-state index contributed by atoms with van der Waals surface area (Å²) in [6.45, 7) is -0.169. The quantitative estimate of drug-likeness (QED) is 0.723. The molecular weight excluding hydrogens is 206 g/mol. The molecule has 0 heterocycles. The lowest BCUT2D eigenvalue weighted by atomic mass is 10.2. The van der Waals surface area contributed by atoms with Crippen LogP contribution in [-0.2, 0) is 0 Å². The van der Waals surface area contributed by atoms with Crippen LogP contribution in [0.25, 0.3) is 0 Å². The fourth-order valence-corrected chi connectivity index (χ4v) is 1.23. The summed E-state index contributed by atoms with van der Waals surface area (Å²) < 4.78 is 6.06. The number of aliphatic hydroxyl groups is 2. The second-order valence-electron chi connectivity index (χ2n) is 4.65. The molecule has 0 aromatic heterocycles. The first-order valence-corrected chi connectivity index (χ1v) is 5.27. The van der Waals surface area contributed by atoms with E-state index in [0.29, 0.717) is 5.75 Å². The Balaban J connectivity index is 2.58. The van der Waals surface area contributed by atoms with E-state index in [9.17, 15) is 0 Å². The summed E-state index contributed by atoms with van der Waals surface area (Å²) in [7, 11) is 6.27. The largest absolute Gasteiger partial charge is 0.491 e. The number of quaternary nitrogens is 1. The van der Waals surface area contributed by atoms with Crippen molar-refractivity contribution in [2.24, 2.45) is 0 Å². The van der Waals surface area contributed by atoms with Gasteiger partial charge < -0.3 is 14.9 Å². The average Bonchev–Trinajstić information content (AvgIpc) is 2.25. The van der Waals surface area contributed by atoms with E-state index < -0.39 is 6.10 Å². The van der Waals surface area contributed by atoms with Gasteiger partial charge in [0.25, 0.3) is 0 Å². The third kappa shape index (κ3) is 3.81. The highest BCUT2D eigenvalue weighted by Crippen LogP contribution is 2.20. The minimum absolute atomic E-state index is 0.111. The molecule has 1 aromatic rings. The van der Waals surface area contributed by atoms with Crippen molar-refractivity contribution in [3.63, 3.8) is 0 Å². The van der Waals surface area contributed by atoms with Gasteiger partial charge in [-0.25, -0.2) is 0 Å². The van der Waals surface area contributed by atoms with E-state index in [1.165, 1.54) is 5.69 Å². The summed E-state index contributed by atoms with van der Waals surface area (Å²) >= 11 is 0. The molecule has 4 heteroatoms. The normalized spacial score (nSPS) is 13.6. The van der Waals surface area contributed by atoms with Gasteiger partial charge in [0.05, 0.1) is 27.7 Å². The lowest BCUT2D eigenvalue weighted by Crippen LogP contribution is -2.34. The number of ether oxygens (including phenoxy) is 1. The lowest BCUT2D eigenvalue weighted by Gasteiger charge is -2.23. The third-order valence-corrected chi connectivity index (χ3v) is 2.26. The van der Waals surface area contributed by atoms with Gasteiger partial charge in [-0.3, -0.25) is 4.48 Å². The standard InChI is InChI=1S/C12H20NO3/c1-13(2,3)10-4-6-12(7-5-10)16-9-11(15)8-14/h4-7,11,14-15H,8-9H2,1-3H3/q+1. The fourth-order valence-electron chi connectivity index (χ4n) is 1.23. The Hall–Kier alpha value is -1.10. The molecule has 0 amide bonds. The molecule has 1 rings (SSSR count). The summed E-state index contributed by atoms with van der Waals surface area (Å²) in [6.07, 6.45) is -0.821. The Bertz CT molecular complexity index is 316. The Morgan fingerprint density at radius 1 is 1.19 bits per heavy atom. The Morgan fingerprint density at radius 2 is 1.75 bits per heavy atom. The van der Waals surface area contributed by atoms with E-state index >= 15 is 0 Å². The number of hydrogen-bond donors (Lipinski definition) is 2. The van der Waals surface area contributed by atoms with Gasteiger partial charge in [-0.15, -0.1) is 0 Å². The monoisotopic (exact) mass is 226 g/mol. The fraction of sp³-hybridized carbons (Fsp3) is 0.500. The van der Waals surface area contributed by atoms with Gasteiger partial charge in [-0.1, -0.05) is 0 Å². The molecule has 16 heavy (non-hydrogen) atoms. The van der Waals surface area contributed by atoms with E-state index in [-0.39, 0.29) is 13.2 Å². The molecule has 0 aliphatic carbocycles. The van der Waals surface area contributed by atoms with Crippen LogP contribution >= 0.6 is 0 Å². The Labute approximate surface area is 96.3 Å². The molecule has 0 radical (unpaired) electrons. The van der Waals surface area contributed by atoms with E-state index in [4.69, 9.17) is 14.9 Å². The molecule has 0 fully saturated rings. The van der Waals surface area contributed by atoms with Gasteiger partial charge in [0.2, 0.25) is 0 Å². The van der Waals surface area contributed by atoms with E-state index in [1.54, 1.807) is 0 Å². The molecule has 0 aliphatic rings. The summed E-state index contributed by atoms with van der Waals surface area (Å²) in [4.78, 5) is 0. The molecule has 0 spiro atoms. The number of aliphatic hydroxyl groups excluding tert-OH is 2. The SMILES string of the molecule is C[N+](C)(C)c1ccc(OCC(O)CO)cc1. The van der Waals surface area contributed by atoms with Gasteiger partial charge in [0.15, 0.2) is 0 Å². The Kier molecular flexibility index (Phi) is 4.29. The molecule has 1 atom stereocenters. The molecule has 1 aromatic carbocycles. The molecule has 0 saturated carbocycles. The van der Waals surface area contributed by atoms with Crippen LogP contribution in [0.5, 0.6) is 5.75 Å². The Morgan fingerprint density at radius 3 is 2.19 bits per heavy atom. The van der Waals surface area contributed by atoms with Crippen LogP contribution in [0.15, 0.2) is 24.3 Å². The minimum atomic E-state index is -0.821. The van der Waals surface area contributed by atoms with Crippen LogP contribution < -0.4 is 9.22 Å². The highest BCUT2D eigenvalue weighted by molar-refractivity contribution is 5.44. The molecule has 1 unspecified atom stereocenters. The van der Waals surface area contributed by atoms with Crippen molar-refractivity contribution < 1.29 is 14.9 Å². The molecule has 4 nitrogen and oxygen atoms in total.